The van der Waals surface area contributed by atoms with Crippen molar-refractivity contribution in [1.29, 1.82) is 0 Å². The van der Waals surface area contributed by atoms with Crippen LogP contribution in [0.5, 0.6) is 0 Å². The molecule has 0 aromatic heterocycles. The van der Waals surface area contributed by atoms with Crippen molar-refractivity contribution in [2.75, 3.05) is 5.32 Å². The molecule has 0 amide bonds. The Labute approximate surface area is 144 Å². The lowest BCUT2D eigenvalue weighted by Crippen LogP contribution is -2.19. The fraction of sp³-hybridized carbons (Fsp3) is 0.294. The number of benzene rings is 2. The second-order valence-corrected chi connectivity index (χ2v) is 7.44. The third-order valence-corrected chi connectivity index (χ3v) is 5.06. The minimum Gasteiger partial charge on any atom is -0.378 e. The molecule has 0 heterocycles. The largest absolute Gasteiger partial charge is 0.417 e. The first-order chi connectivity index (χ1) is 11.4. The van der Waals surface area contributed by atoms with Crippen molar-refractivity contribution in [3.05, 3.63) is 58.7 Å². The normalized spacial score (nSPS) is 13.6. The van der Waals surface area contributed by atoms with Gasteiger partial charge in [0.15, 0.2) is 0 Å². The summed E-state index contributed by atoms with van der Waals surface area (Å²) in [4.78, 5) is -0.940. The monoisotopic (exact) mass is 372 g/mol. The van der Waals surface area contributed by atoms with Crippen molar-refractivity contribution < 1.29 is 21.6 Å². The predicted molar refractivity (Wildman–Crippen MR) is 90.8 cm³/mol. The minimum atomic E-state index is -4.83. The van der Waals surface area contributed by atoms with E-state index in [0.717, 1.165) is 28.8 Å². The predicted octanol–water partition coefficient (Wildman–Crippen LogP) is 4.14. The Hall–Kier alpha value is -2.06. The maximum atomic E-state index is 13.2. The average molecular weight is 372 g/mol. The van der Waals surface area contributed by atoms with Crippen LogP contribution in [0.2, 0.25) is 0 Å². The molecule has 0 saturated carbocycles. The van der Waals surface area contributed by atoms with Gasteiger partial charge in [-0.3, -0.25) is 0 Å². The summed E-state index contributed by atoms with van der Waals surface area (Å²) in [5.74, 6) is 0. The number of aryl methyl sites for hydroxylation is 1. The summed E-state index contributed by atoms with van der Waals surface area (Å²) in [6.45, 7) is 5.71. The molecule has 25 heavy (non-hydrogen) atoms. The standard InChI is InChI=1S/C17H19F3N2O2S/c1-10-5-4-6-14(11(10)2)12(3)22-13-7-8-16(25(21,23)24)15(9-13)17(18,19)20/h4-9,12,22H,1-3H3,(H2,21,23,24). The number of rotatable bonds is 4. The van der Waals surface area contributed by atoms with Crippen LogP contribution in [-0.2, 0) is 16.2 Å². The van der Waals surface area contributed by atoms with Gasteiger partial charge in [-0.1, -0.05) is 18.2 Å². The molecule has 0 spiro atoms. The molecule has 3 N–H and O–H groups in total. The molecule has 0 fully saturated rings. The second kappa shape index (κ2) is 6.68. The van der Waals surface area contributed by atoms with Crippen LogP contribution < -0.4 is 10.5 Å². The van der Waals surface area contributed by atoms with E-state index in [1.165, 1.54) is 6.07 Å². The Kier molecular flexibility index (Phi) is 5.15. The van der Waals surface area contributed by atoms with Crippen molar-refractivity contribution in [3.63, 3.8) is 0 Å². The van der Waals surface area contributed by atoms with E-state index in [0.29, 0.717) is 0 Å². The van der Waals surface area contributed by atoms with Crippen molar-refractivity contribution in [2.45, 2.75) is 37.9 Å². The SMILES string of the molecule is Cc1cccc(C(C)Nc2ccc(S(N)(=O)=O)c(C(F)(F)F)c2)c1C. The zero-order valence-corrected chi connectivity index (χ0v) is 14.8. The molecule has 2 aromatic rings. The smallest absolute Gasteiger partial charge is 0.378 e. The molecule has 0 bridgehead atoms. The van der Waals surface area contributed by atoms with Crippen LogP contribution in [0.3, 0.4) is 0 Å². The lowest BCUT2D eigenvalue weighted by Gasteiger charge is -2.20. The van der Waals surface area contributed by atoms with Gasteiger partial charge in [-0.15, -0.1) is 0 Å². The highest BCUT2D eigenvalue weighted by atomic mass is 32.2. The number of sulfonamides is 1. The molecule has 4 nitrogen and oxygen atoms in total. The fourth-order valence-electron chi connectivity index (χ4n) is 2.66. The number of nitrogens with one attached hydrogen (secondary N) is 1. The summed E-state index contributed by atoms with van der Waals surface area (Å²) in [6, 6.07) is 8.37. The summed E-state index contributed by atoms with van der Waals surface area (Å²) in [6.07, 6.45) is -4.83. The first-order valence-electron chi connectivity index (χ1n) is 7.48. The van der Waals surface area contributed by atoms with Crippen molar-refractivity contribution in [2.24, 2.45) is 5.14 Å². The van der Waals surface area contributed by atoms with Gasteiger partial charge in [0.25, 0.3) is 0 Å². The number of alkyl halides is 3. The lowest BCUT2D eigenvalue weighted by molar-refractivity contribution is -0.139. The highest BCUT2D eigenvalue weighted by Crippen LogP contribution is 2.36. The molecule has 136 valence electrons. The van der Waals surface area contributed by atoms with E-state index < -0.39 is 26.7 Å². The molecule has 0 aliphatic rings. The molecule has 0 saturated heterocycles. The van der Waals surface area contributed by atoms with Crippen LogP contribution in [0, 0.1) is 13.8 Å². The minimum absolute atomic E-state index is 0.160. The van der Waals surface area contributed by atoms with E-state index >= 15 is 0 Å². The van der Waals surface area contributed by atoms with Crippen LogP contribution >= 0.6 is 0 Å². The molecular weight excluding hydrogens is 353 g/mol. The van der Waals surface area contributed by atoms with Gasteiger partial charge in [-0.05, 0) is 55.7 Å². The quantitative estimate of drug-likeness (QED) is 0.847. The zero-order valence-electron chi connectivity index (χ0n) is 14.0. The number of halogens is 3. The Balaban J connectivity index is 2.43. The van der Waals surface area contributed by atoms with Crippen molar-refractivity contribution in [3.8, 4) is 0 Å². The summed E-state index contributed by atoms with van der Waals surface area (Å²) < 4.78 is 62.4. The van der Waals surface area contributed by atoms with E-state index in [-0.39, 0.29) is 11.7 Å². The van der Waals surface area contributed by atoms with E-state index in [1.807, 2.05) is 39.0 Å². The molecule has 0 radical (unpaired) electrons. The number of primary sulfonamides is 1. The molecule has 1 atom stereocenters. The van der Waals surface area contributed by atoms with E-state index in [1.54, 1.807) is 0 Å². The topological polar surface area (TPSA) is 72.2 Å². The molecule has 2 aromatic carbocycles. The van der Waals surface area contributed by atoms with Crippen LogP contribution in [-0.4, -0.2) is 8.42 Å². The maximum absolute atomic E-state index is 13.2. The van der Waals surface area contributed by atoms with Crippen LogP contribution in [0.25, 0.3) is 0 Å². The van der Waals surface area contributed by atoms with Crippen LogP contribution in [0.4, 0.5) is 18.9 Å². The number of nitrogens with two attached hydrogens (primary N) is 1. The van der Waals surface area contributed by atoms with Gasteiger partial charge in [0.05, 0.1) is 10.5 Å². The summed E-state index contributed by atoms with van der Waals surface area (Å²) in [5, 5.41) is 7.87. The zero-order chi connectivity index (χ0) is 19.0. The van der Waals surface area contributed by atoms with Gasteiger partial charge in [-0.25, -0.2) is 13.6 Å². The van der Waals surface area contributed by atoms with Crippen LogP contribution in [0.1, 0.15) is 35.2 Å². The Morgan fingerprint density at radius 1 is 1.12 bits per heavy atom. The maximum Gasteiger partial charge on any atom is 0.417 e. The molecular formula is C17H19F3N2O2S. The van der Waals surface area contributed by atoms with Gasteiger partial charge in [0.2, 0.25) is 10.0 Å². The lowest BCUT2D eigenvalue weighted by atomic mass is 9.98. The summed E-state index contributed by atoms with van der Waals surface area (Å²) in [7, 11) is -4.47. The van der Waals surface area contributed by atoms with E-state index in [4.69, 9.17) is 5.14 Å². The fourth-order valence-corrected chi connectivity index (χ4v) is 3.40. The van der Waals surface area contributed by atoms with Gasteiger partial charge >= 0.3 is 6.18 Å². The van der Waals surface area contributed by atoms with Crippen molar-refractivity contribution >= 4 is 15.7 Å². The highest BCUT2D eigenvalue weighted by Gasteiger charge is 2.36. The first-order valence-corrected chi connectivity index (χ1v) is 9.02. The Bertz CT molecular complexity index is 893. The summed E-state index contributed by atoms with van der Waals surface area (Å²) >= 11 is 0. The molecule has 8 heteroatoms. The van der Waals surface area contributed by atoms with Crippen LogP contribution in [0.15, 0.2) is 41.3 Å². The third kappa shape index (κ3) is 4.32. The first kappa shape index (κ1) is 19.3. The number of anilines is 1. The Morgan fingerprint density at radius 3 is 2.32 bits per heavy atom. The number of hydrogen-bond donors (Lipinski definition) is 2. The van der Waals surface area contributed by atoms with E-state index in [9.17, 15) is 21.6 Å². The summed E-state index contributed by atoms with van der Waals surface area (Å²) in [5.41, 5.74) is 1.94. The van der Waals surface area contributed by atoms with Gasteiger partial charge in [-0.2, -0.15) is 13.2 Å². The highest BCUT2D eigenvalue weighted by molar-refractivity contribution is 7.89. The molecule has 0 aliphatic carbocycles. The van der Waals surface area contributed by atoms with E-state index in [2.05, 4.69) is 5.32 Å². The molecule has 1 unspecified atom stereocenters. The molecule has 2 rings (SSSR count). The van der Waals surface area contributed by atoms with Gasteiger partial charge < -0.3 is 5.32 Å². The third-order valence-electron chi connectivity index (χ3n) is 4.09. The van der Waals surface area contributed by atoms with Gasteiger partial charge in [0.1, 0.15) is 0 Å². The Morgan fingerprint density at radius 2 is 1.76 bits per heavy atom. The number of hydrogen-bond acceptors (Lipinski definition) is 3. The van der Waals surface area contributed by atoms with Crippen molar-refractivity contribution in [1.82, 2.24) is 0 Å². The molecule has 0 aliphatic heterocycles. The van der Waals surface area contributed by atoms with Gasteiger partial charge in [0, 0.05) is 11.7 Å². The second-order valence-electron chi connectivity index (χ2n) is 5.91. The average Bonchev–Trinajstić information content (AvgIpc) is 2.48.